The van der Waals surface area contributed by atoms with Crippen LogP contribution in [0.2, 0.25) is 0 Å². The maximum atomic E-state index is 2.76. The molecule has 0 heterocycles. The van der Waals surface area contributed by atoms with Gasteiger partial charge in [-0.2, -0.15) is 0 Å². The van der Waals surface area contributed by atoms with Crippen molar-refractivity contribution in [3.63, 3.8) is 0 Å². The molecule has 0 N–H and O–H groups in total. The van der Waals surface area contributed by atoms with Crippen molar-refractivity contribution in [2.75, 3.05) is 0 Å². The second kappa shape index (κ2) is 1.63. The van der Waals surface area contributed by atoms with Gasteiger partial charge in [0.15, 0.2) is 0 Å². The normalized spacial score (nSPS) is 25.5. The molecule has 0 aromatic carbocycles. The lowest BCUT2D eigenvalue weighted by Crippen LogP contribution is -1.77. The molecule has 1 aliphatic rings. The molecule has 1 saturated carbocycles. The lowest BCUT2D eigenvalue weighted by molar-refractivity contribution is 1.25. The lowest BCUT2D eigenvalue weighted by atomic mass is 10.2. The second-order valence-corrected chi connectivity index (χ2v) is 1.12. The van der Waals surface area contributed by atoms with E-state index in [9.17, 15) is 0 Å². The fourth-order valence-corrected chi connectivity index (χ4v) is 0.281. The van der Waals surface area contributed by atoms with E-state index in [1.54, 1.807) is 0 Å². The summed E-state index contributed by atoms with van der Waals surface area (Å²) in [6, 6.07) is 0. The first kappa shape index (κ1) is 4.17. The van der Waals surface area contributed by atoms with Gasteiger partial charge in [-0.25, -0.2) is 0 Å². The predicted octanol–water partition coefficient (Wildman–Crippen LogP) is 0.920. The molecule has 1 aliphatic carbocycles. The molecule has 0 saturated heterocycles. The summed E-state index contributed by atoms with van der Waals surface area (Å²) in [6.07, 6.45) is 10.8. The van der Waals surface area contributed by atoms with Gasteiger partial charge < -0.3 is 0 Å². The van der Waals surface area contributed by atoms with Gasteiger partial charge in [-0.15, -0.1) is 0 Å². The Bertz CT molecular complexity index is 33.3. The Morgan fingerprint density at radius 3 is 1.83 bits per heavy atom. The van der Waals surface area contributed by atoms with Crippen LogP contribution in [-0.4, -0.2) is 0 Å². The molecule has 0 heteroatoms. The van der Waals surface area contributed by atoms with Crippen LogP contribution in [0.25, 0.3) is 0 Å². The topological polar surface area (TPSA) is 0 Å². The van der Waals surface area contributed by atoms with Crippen LogP contribution in [-0.2, 0) is 0 Å². The molecule has 1 rings (SSSR count). The first-order chi connectivity index (χ1) is 2.89. The van der Waals surface area contributed by atoms with Crippen LogP contribution in [0, 0.1) is 31.6 Å². The second-order valence-electron chi connectivity index (χ2n) is 1.12. The smallest absolute Gasteiger partial charge is 0.0000359 e. The maximum Gasteiger partial charge on any atom is -0.0000359 e. The fourth-order valence-electron chi connectivity index (χ4n) is 0.281. The quantitative estimate of drug-likeness (QED) is 0.401. The van der Waals surface area contributed by atoms with E-state index in [0.29, 0.717) is 0 Å². The van der Waals surface area contributed by atoms with Crippen LogP contribution < -0.4 is 0 Å². The van der Waals surface area contributed by atoms with Gasteiger partial charge >= 0.3 is 0 Å². The highest BCUT2D eigenvalue weighted by Crippen LogP contribution is 2.20. The highest BCUT2D eigenvalue weighted by atomic mass is 14.1. The molecule has 0 unspecified atom stereocenters. The summed E-state index contributed by atoms with van der Waals surface area (Å²) in [7, 11) is 0. The summed E-state index contributed by atoms with van der Waals surface area (Å²) in [5.41, 5.74) is 0. The molecule has 1 fully saturated rings. The van der Waals surface area contributed by atoms with Crippen molar-refractivity contribution in [3.05, 3.63) is 31.6 Å². The van der Waals surface area contributed by atoms with Crippen LogP contribution in [0.3, 0.4) is 0 Å². The first-order valence-electron chi connectivity index (χ1n) is 1.75. The Hall–Kier alpha value is 0. The minimum absolute atomic E-state index is 0.981. The van der Waals surface area contributed by atoms with E-state index in [2.05, 4.69) is 25.7 Å². The van der Waals surface area contributed by atoms with Crippen LogP contribution in [0.5, 0.6) is 0 Å². The zero-order chi connectivity index (χ0) is 4.41. The molecule has 6 heavy (non-hydrogen) atoms. The van der Waals surface area contributed by atoms with Crippen molar-refractivity contribution in [3.8, 4) is 0 Å². The summed E-state index contributed by atoms with van der Waals surface area (Å²) < 4.78 is 0. The molecule has 0 amide bonds. The lowest BCUT2D eigenvalue weighted by Gasteiger charge is -1.87. The molecule has 0 aromatic rings. The van der Waals surface area contributed by atoms with Gasteiger partial charge in [0, 0.05) is 0 Å². The largest absolute Gasteiger partial charge is 0.0579 e. The summed E-state index contributed by atoms with van der Waals surface area (Å²) in [5, 5.41) is 0. The Morgan fingerprint density at radius 2 is 1.67 bits per heavy atom. The molecule has 0 nitrogen and oxygen atoms in total. The summed E-state index contributed by atoms with van der Waals surface area (Å²) in [6.45, 7) is 1.91. The van der Waals surface area contributed by atoms with Crippen molar-refractivity contribution >= 4 is 0 Å². The van der Waals surface area contributed by atoms with E-state index >= 15 is 0 Å². The first-order valence-corrected chi connectivity index (χ1v) is 1.75. The number of hydrogen-bond donors (Lipinski definition) is 0. The Kier molecular flexibility index (Phi) is 1.13. The van der Waals surface area contributed by atoms with Crippen molar-refractivity contribution in [1.29, 1.82) is 0 Å². The Morgan fingerprint density at radius 1 is 1.17 bits per heavy atom. The molecule has 0 aromatic heterocycles. The van der Waals surface area contributed by atoms with Gasteiger partial charge in [0.05, 0.1) is 0 Å². The number of hydrogen-bond acceptors (Lipinski definition) is 0. The van der Waals surface area contributed by atoms with Crippen LogP contribution in [0.15, 0.2) is 0 Å². The third-order valence-corrected chi connectivity index (χ3v) is 0.562. The third-order valence-electron chi connectivity index (χ3n) is 0.562. The van der Waals surface area contributed by atoms with Gasteiger partial charge in [-0.1, -0.05) is 6.92 Å². The summed E-state index contributed by atoms with van der Waals surface area (Å²) in [5.74, 6) is 0.981. The van der Waals surface area contributed by atoms with Crippen molar-refractivity contribution in [1.82, 2.24) is 0 Å². The van der Waals surface area contributed by atoms with E-state index in [1.165, 1.54) is 0 Å². The highest BCUT2D eigenvalue weighted by Gasteiger charge is 2.11. The predicted molar refractivity (Wildman–Crippen MR) is 21.9 cm³/mol. The molecule has 0 atom stereocenters. The van der Waals surface area contributed by atoms with E-state index in [-0.39, 0.29) is 0 Å². The molecular weight excluding hydrogens is 72.1 g/mol. The zero-order valence-electron chi connectivity index (χ0n) is 3.50. The fraction of sp³-hybridized carbons (Fsp3) is 0.167. The minimum Gasteiger partial charge on any atom is -0.0579 e. The summed E-state index contributed by atoms with van der Waals surface area (Å²) in [4.78, 5) is 0. The Balaban J connectivity index is 2.18. The average Bonchev–Trinajstić information content (AvgIpc) is 1.86. The number of rotatable bonds is 0. The zero-order valence-corrected chi connectivity index (χ0v) is 3.50. The van der Waals surface area contributed by atoms with Crippen LogP contribution in [0.4, 0.5) is 0 Å². The van der Waals surface area contributed by atoms with Gasteiger partial charge in [0.1, 0.15) is 0 Å². The minimum atomic E-state index is 0.981. The molecular formula is C6H3. The molecule has 0 aliphatic heterocycles. The van der Waals surface area contributed by atoms with E-state index in [0.717, 1.165) is 5.92 Å². The van der Waals surface area contributed by atoms with Crippen LogP contribution in [0.1, 0.15) is 6.92 Å². The third kappa shape index (κ3) is 0.735. The SMILES string of the molecule is C[C]1[C][C][C][C]1. The van der Waals surface area contributed by atoms with E-state index < -0.39 is 0 Å². The molecule has 9 radical (unpaired) electrons. The van der Waals surface area contributed by atoms with E-state index in [4.69, 9.17) is 0 Å². The van der Waals surface area contributed by atoms with Crippen molar-refractivity contribution in [2.45, 2.75) is 6.92 Å². The Labute approximate surface area is 39.6 Å². The average molecular weight is 75.1 g/mol. The van der Waals surface area contributed by atoms with Gasteiger partial charge in [-0.05, 0) is 31.6 Å². The van der Waals surface area contributed by atoms with Gasteiger partial charge in [0.2, 0.25) is 0 Å². The standard InChI is InChI=1S/C6H3/c1-6-4-2-3-5-6/h1H3. The summed E-state index contributed by atoms with van der Waals surface area (Å²) >= 11 is 0. The molecule has 27 valence electrons. The van der Waals surface area contributed by atoms with Gasteiger partial charge in [0.25, 0.3) is 0 Å². The monoisotopic (exact) mass is 75.0 g/mol. The van der Waals surface area contributed by atoms with Crippen molar-refractivity contribution < 1.29 is 0 Å². The van der Waals surface area contributed by atoms with E-state index in [1.807, 2.05) is 6.92 Å². The van der Waals surface area contributed by atoms with Gasteiger partial charge in [-0.3, -0.25) is 0 Å². The molecule has 0 bridgehead atoms. The van der Waals surface area contributed by atoms with Crippen LogP contribution >= 0.6 is 0 Å². The molecule has 0 spiro atoms. The van der Waals surface area contributed by atoms with Crippen molar-refractivity contribution in [2.24, 2.45) is 0 Å². The maximum absolute atomic E-state index is 2.76. The highest BCUT2D eigenvalue weighted by molar-refractivity contribution is 5.33.